The summed E-state index contributed by atoms with van der Waals surface area (Å²) >= 11 is 9.15. The molecule has 0 bridgehead atoms. The van der Waals surface area contributed by atoms with Gasteiger partial charge in [-0.2, -0.15) is 0 Å². The molecule has 1 aromatic carbocycles. The summed E-state index contributed by atoms with van der Waals surface area (Å²) in [5.74, 6) is 1.33. The zero-order valence-electron chi connectivity index (χ0n) is 10.4. The molecule has 0 saturated carbocycles. The fraction of sp³-hybridized carbons (Fsp3) is 0.154. The van der Waals surface area contributed by atoms with Gasteiger partial charge < -0.3 is 14.4 Å². The van der Waals surface area contributed by atoms with Crippen LogP contribution in [0.4, 0.5) is 11.6 Å². The van der Waals surface area contributed by atoms with E-state index in [1.54, 1.807) is 18.3 Å². The van der Waals surface area contributed by atoms with Crippen molar-refractivity contribution in [1.29, 1.82) is 0 Å². The van der Waals surface area contributed by atoms with E-state index in [0.29, 0.717) is 22.4 Å². The monoisotopic (exact) mass is 342 g/mol. The van der Waals surface area contributed by atoms with Crippen LogP contribution in [0.2, 0.25) is 5.02 Å². The number of hydrogen-bond donors (Lipinski definition) is 1. The van der Waals surface area contributed by atoms with Crippen molar-refractivity contribution in [2.75, 3.05) is 19.0 Å². The highest BCUT2D eigenvalue weighted by atomic mass is 79.9. The van der Waals surface area contributed by atoms with Gasteiger partial charge in [-0.25, -0.2) is 4.99 Å². The maximum absolute atomic E-state index is 9.67. The molecule has 0 radical (unpaired) electrons. The topological polar surface area (TPSA) is 49.0 Å². The molecule has 100 valence electrons. The lowest BCUT2D eigenvalue weighted by Crippen LogP contribution is -2.07. The minimum Gasteiger partial charge on any atom is -0.506 e. The number of aromatic hydroxyl groups is 1. The average Bonchev–Trinajstić information content (AvgIpc) is 2.69. The van der Waals surface area contributed by atoms with Gasteiger partial charge in [0.25, 0.3) is 0 Å². The minimum absolute atomic E-state index is 0.0298. The Balaban J connectivity index is 2.25. The first kappa shape index (κ1) is 14.0. The van der Waals surface area contributed by atoms with Crippen LogP contribution in [0.3, 0.4) is 0 Å². The van der Waals surface area contributed by atoms with Crippen LogP contribution in [0.15, 0.2) is 38.1 Å². The number of phenolic OH excluding ortho intramolecular Hbond substituents is 1. The van der Waals surface area contributed by atoms with Gasteiger partial charge in [-0.15, -0.1) is 0 Å². The first-order chi connectivity index (χ1) is 8.97. The van der Waals surface area contributed by atoms with Crippen molar-refractivity contribution in [3.63, 3.8) is 0 Å². The van der Waals surface area contributed by atoms with Crippen molar-refractivity contribution in [2.24, 2.45) is 4.99 Å². The van der Waals surface area contributed by atoms with Crippen molar-refractivity contribution in [2.45, 2.75) is 0 Å². The van der Waals surface area contributed by atoms with Gasteiger partial charge in [0.15, 0.2) is 0 Å². The van der Waals surface area contributed by atoms with Gasteiger partial charge in [0.1, 0.15) is 17.2 Å². The molecule has 2 aromatic rings. The summed E-state index contributed by atoms with van der Waals surface area (Å²) in [5, 5.41) is 10.1. The van der Waals surface area contributed by atoms with E-state index >= 15 is 0 Å². The predicted molar refractivity (Wildman–Crippen MR) is 81.1 cm³/mol. The summed E-state index contributed by atoms with van der Waals surface area (Å²) < 4.78 is 6.43. The Bertz CT molecular complexity index is 623. The van der Waals surface area contributed by atoms with Crippen molar-refractivity contribution in [3.8, 4) is 5.75 Å². The Labute approximate surface area is 124 Å². The van der Waals surface area contributed by atoms with Crippen LogP contribution in [-0.4, -0.2) is 25.4 Å². The van der Waals surface area contributed by atoms with E-state index in [2.05, 4.69) is 20.9 Å². The quantitative estimate of drug-likeness (QED) is 0.849. The molecule has 1 N–H and O–H groups in total. The molecule has 1 aromatic heterocycles. The largest absolute Gasteiger partial charge is 0.506 e. The molecule has 0 fully saturated rings. The Hall–Kier alpha value is -1.46. The second-order valence-electron chi connectivity index (χ2n) is 4.09. The van der Waals surface area contributed by atoms with E-state index < -0.39 is 0 Å². The van der Waals surface area contributed by atoms with E-state index in [-0.39, 0.29) is 5.75 Å². The lowest BCUT2D eigenvalue weighted by molar-refractivity contribution is 0.477. The molecule has 0 aliphatic rings. The number of nitrogens with zero attached hydrogens (tertiary/aromatic N) is 2. The van der Waals surface area contributed by atoms with Gasteiger partial charge in [0, 0.05) is 31.3 Å². The highest BCUT2D eigenvalue weighted by molar-refractivity contribution is 9.10. The number of rotatable bonds is 3. The highest BCUT2D eigenvalue weighted by Crippen LogP contribution is 2.31. The van der Waals surface area contributed by atoms with Gasteiger partial charge in [0.05, 0.1) is 10.7 Å². The third kappa shape index (κ3) is 3.30. The number of furan rings is 1. The van der Waals surface area contributed by atoms with Gasteiger partial charge in [-0.05, 0) is 28.1 Å². The summed E-state index contributed by atoms with van der Waals surface area (Å²) in [6, 6.07) is 6.56. The SMILES string of the molecule is CN(C)c1oc(C=Nc2ccc(Cl)cc2O)cc1Br. The predicted octanol–water partition coefficient (Wildman–Crippen LogP) is 4.22. The molecular weight excluding hydrogens is 332 g/mol. The summed E-state index contributed by atoms with van der Waals surface area (Å²) in [4.78, 5) is 6.01. The lowest BCUT2D eigenvalue weighted by atomic mass is 10.3. The third-order valence-corrected chi connectivity index (χ3v) is 3.17. The smallest absolute Gasteiger partial charge is 0.210 e. The van der Waals surface area contributed by atoms with Crippen LogP contribution in [-0.2, 0) is 0 Å². The first-order valence-corrected chi connectivity index (χ1v) is 6.63. The molecule has 0 spiro atoms. The fourth-order valence-electron chi connectivity index (χ4n) is 1.48. The number of anilines is 1. The Morgan fingerprint density at radius 1 is 1.37 bits per heavy atom. The summed E-state index contributed by atoms with van der Waals surface area (Å²) in [6.07, 6.45) is 1.54. The van der Waals surface area contributed by atoms with Crippen molar-refractivity contribution >= 4 is 45.3 Å². The normalized spacial score (nSPS) is 11.2. The van der Waals surface area contributed by atoms with E-state index in [9.17, 15) is 5.11 Å². The second-order valence-corrected chi connectivity index (χ2v) is 5.38. The van der Waals surface area contributed by atoms with Crippen molar-refractivity contribution in [3.05, 3.63) is 39.5 Å². The standard InChI is InChI=1S/C13H12BrClN2O2/c1-17(2)13-10(14)6-9(19-13)7-16-11-4-3-8(15)5-12(11)18/h3-7,18H,1-2H3. The maximum Gasteiger partial charge on any atom is 0.210 e. The molecular formula is C13H12BrClN2O2. The molecule has 2 rings (SSSR count). The van der Waals surface area contributed by atoms with Gasteiger partial charge in [-0.3, -0.25) is 0 Å². The third-order valence-electron chi connectivity index (χ3n) is 2.36. The van der Waals surface area contributed by atoms with E-state index in [1.165, 1.54) is 6.07 Å². The number of phenols is 1. The molecule has 4 nitrogen and oxygen atoms in total. The van der Waals surface area contributed by atoms with Gasteiger partial charge in [-0.1, -0.05) is 11.6 Å². The van der Waals surface area contributed by atoms with E-state index in [0.717, 1.165) is 4.47 Å². The van der Waals surface area contributed by atoms with Crippen LogP contribution >= 0.6 is 27.5 Å². The molecule has 1 heterocycles. The Morgan fingerprint density at radius 2 is 2.11 bits per heavy atom. The van der Waals surface area contributed by atoms with Crippen molar-refractivity contribution < 1.29 is 9.52 Å². The average molecular weight is 344 g/mol. The zero-order chi connectivity index (χ0) is 14.0. The lowest BCUT2D eigenvalue weighted by Gasteiger charge is -2.07. The highest BCUT2D eigenvalue weighted by Gasteiger charge is 2.09. The number of hydrogen-bond acceptors (Lipinski definition) is 4. The molecule has 0 unspecified atom stereocenters. The molecule has 0 amide bonds. The summed E-state index contributed by atoms with van der Waals surface area (Å²) in [7, 11) is 3.77. The maximum atomic E-state index is 9.67. The molecule has 0 atom stereocenters. The molecule has 19 heavy (non-hydrogen) atoms. The van der Waals surface area contributed by atoms with Crippen LogP contribution in [0.1, 0.15) is 5.76 Å². The van der Waals surface area contributed by atoms with E-state index in [1.807, 2.05) is 25.1 Å². The van der Waals surface area contributed by atoms with Gasteiger partial charge in [0.2, 0.25) is 5.88 Å². The first-order valence-electron chi connectivity index (χ1n) is 5.46. The summed E-state index contributed by atoms with van der Waals surface area (Å²) in [5.41, 5.74) is 0.434. The van der Waals surface area contributed by atoms with Crippen LogP contribution in [0.5, 0.6) is 5.75 Å². The number of aliphatic imine (C=N–C) groups is 1. The number of halogens is 2. The minimum atomic E-state index is 0.0298. The Kier molecular flexibility index (Phi) is 4.17. The van der Waals surface area contributed by atoms with Crippen molar-refractivity contribution in [1.82, 2.24) is 0 Å². The summed E-state index contributed by atoms with van der Waals surface area (Å²) in [6.45, 7) is 0. The van der Waals surface area contributed by atoms with Crippen LogP contribution in [0.25, 0.3) is 0 Å². The molecule has 0 aliphatic carbocycles. The fourth-order valence-corrected chi connectivity index (χ4v) is 2.31. The number of benzene rings is 1. The van der Waals surface area contributed by atoms with Crippen LogP contribution < -0.4 is 4.90 Å². The second kappa shape index (κ2) is 5.67. The molecule has 6 heteroatoms. The van der Waals surface area contributed by atoms with Gasteiger partial charge >= 0.3 is 0 Å². The van der Waals surface area contributed by atoms with Crippen LogP contribution in [0, 0.1) is 0 Å². The molecule has 0 saturated heterocycles. The van der Waals surface area contributed by atoms with E-state index in [4.69, 9.17) is 16.0 Å². The Morgan fingerprint density at radius 3 is 2.68 bits per heavy atom. The molecule has 0 aliphatic heterocycles. The zero-order valence-corrected chi connectivity index (χ0v) is 12.7.